The lowest BCUT2D eigenvalue weighted by molar-refractivity contribution is -0.115. The van der Waals surface area contributed by atoms with Crippen LogP contribution in [0.15, 0.2) is 41.8 Å². The number of para-hydroxylation sites is 1. The van der Waals surface area contributed by atoms with Gasteiger partial charge in [0.25, 0.3) is 0 Å². The molecule has 0 aliphatic carbocycles. The highest BCUT2D eigenvalue weighted by Gasteiger charge is 2.19. The maximum Gasteiger partial charge on any atom is 0.348 e. The number of amides is 1. The molecule has 0 unspecified atom stereocenters. The first-order valence-corrected chi connectivity index (χ1v) is 10.3. The van der Waals surface area contributed by atoms with E-state index in [1.54, 1.807) is 10.3 Å². The second-order valence-corrected chi connectivity index (χ2v) is 8.03. The Morgan fingerprint density at radius 3 is 2.59 bits per heavy atom. The van der Waals surface area contributed by atoms with Gasteiger partial charge in [0.05, 0.1) is 11.4 Å². The fourth-order valence-electron chi connectivity index (χ4n) is 2.65. The molecule has 27 heavy (non-hydrogen) atoms. The molecule has 0 N–H and O–H groups in total. The van der Waals surface area contributed by atoms with Crippen LogP contribution in [0, 0.1) is 6.92 Å². The van der Waals surface area contributed by atoms with Crippen LogP contribution in [-0.2, 0) is 22.6 Å². The van der Waals surface area contributed by atoms with E-state index < -0.39 is 0 Å². The molecule has 0 aliphatic rings. The van der Waals surface area contributed by atoms with E-state index in [2.05, 4.69) is 11.9 Å². The summed E-state index contributed by atoms with van der Waals surface area (Å²) >= 11 is 2.79. The highest BCUT2D eigenvalue weighted by molar-refractivity contribution is 7.14. The average Bonchev–Trinajstić information content (AvgIpc) is 3.27. The summed E-state index contributed by atoms with van der Waals surface area (Å²) in [6.45, 7) is 5.65. The molecule has 3 aromatic rings. The lowest BCUT2D eigenvalue weighted by Crippen LogP contribution is -2.22. The van der Waals surface area contributed by atoms with Gasteiger partial charge in [0.1, 0.15) is 11.5 Å². The van der Waals surface area contributed by atoms with Crippen LogP contribution in [0.4, 0.5) is 10.8 Å². The van der Waals surface area contributed by atoms with E-state index in [1.165, 1.54) is 35.2 Å². The van der Waals surface area contributed by atoms with Crippen LogP contribution in [0.3, 0.4) is 0 Å². The molecular weight excluding hydrogens is 380 g/mol. The van der Waals surface area contributed by atoms with Crippen LogP contribution < -0.4 is 4.90 Å². The minimum absolute atomic E-state index is 0.0777. The number of aryl methyl sites for hydroxylation is 2. The zero-order valence-electron chi connectivity index (χ0n) is 15.4. The van der Waals surface area contributed by atoms with Gasteiger partial charge in [-0.1, -0.05) is 25.1 Å². The van der Waals surface area contributed by atoms with Gasteiger partial charge in [-0.3, -0.25) is 9.69 Å². The molecule has 0 saturated carbocycles. The molecule has 3 rings (SSSR count). The van der Waals surface area contributed by atoms with Crippen LogP contribution in [0.25, 0.3) is 0 Å². The number of aromatic nitrogens is 1. The number of carbonyl (C=O) groups excluding carboxylic acids is 2. The molecule has 0 fully saturated rings. The molecule has 0 aliphatic heterocycles. The van der Waals surface area contributed by atoms with Crippen molar-refractivity contribution in [2.45, 2.75) is 33.8 Å². The Labute approximate surface area is 166 Å². The van der Waals surface area contributed by atoms with Crippen molar-refractivity contribution in [3.8, 4) is 0 Å². The second-order valence-electron chi connectivity index (χ2n) is 5.93. The van der Waals surface area contributed by atoms with E-state index >= 15 is 0 Å². The van der Waals surface area contributed by atoms with Crippen LogP contribution in [0.5, 0.6) is 0 Å². The average molecular weight is 401 g/mol. The van der Waals surface area contributed by atoms with E-state index in [0.29, 0.717) is 15.7 Å². The van der Waals surface area contributed by atoms with Crippen LogP contribution in [0.2, 0.25) is 0 Å². The Balaban J connectivity index is 1.70. The van der Waals surface area contributed by atoms with Crippen LogP contribution in [-0.4, -0.2) is 16.9 Å². The van der Waals surface area contributed by atoms with Crippen molar-refractivity contribution in [2.75, 3.05) is 4.90 Å². The lowest BCUT2D eigenvalue weighted by Gasteiger charge is -2.17. The number of hydrogen-bond acceptors (Lipinski definition) is 6. The molecule has 1 amide bonds. The van der Waals surface area contributed by atoms with Crippen molar-refractivity contribution >= 4 is 45.4 Å². The second kappa shape index (κ2) is 8.45. The molecule has 0 bridgehead atoms. The van der Waals surface area contributed by atoms with E-state index in [0.717, 1.165) is 17.0 Å². The number of thiazole rings is 1. The lowest BCUT2D eigenvalue weighted by atomic mass is 10.2. The molecule has 2 heterocycles. The van der Waals surface area contributed by atoms with E-state index in [9.17, 15) is 9.59 Å². The molecular formula is C20H20N2O3S2. The molecule has 0 saturated heterocycles. The van der Waals surface area contributed by atoms with Gasteiger partial charge in [0, 0.05) is 17.2 Å². The Kier molecular flexibility index (Phi) is 6.03. The van der Waals surface area contributed by atoms with Crippen molar-refractivity contribution in [2.24, 2.45) is 0 Å². The minimum Gasteiger partial charge on any atom is -0.455 e. The number of ether oxygens (including phenoxy) is 1. The first-order chi connectivity index (χ1) is 13.0. The smallest absolute Gasteiger partial charge is 0.348 e. The van der Waals surface area contributed by atoms with E-state index in [4.69, 9.17) is 4.74 Å². The standard InChI is InChI=1S/C20H20N2O3S2/c1-4-15-10-18(27-13(15)2)19(24)25-11-16-12-26-20(21-16)22(14(3)23)17-8-6-5-7-9-17/h5-10,12H,4,11H2,1-3H3. The molecule has 0 radical (unpaired) electrons. The molecule has 0 spiro atoms. The number of nitrogens with zero attached hydrogens (tertiary/aromatic N) is 2. The molecule has 5 nitrogen and oxygen atoms in total. The summed E-state index contributed by atoms with van der Waals surface area (Å²) in [6, 6.07) is 11.2. The van der Waals surface area contributed by atoms with Crippen LogP contribution >= 0.6 is 22.7 Å². The summed E-state index contributed by atoms with van der Waals surface area (Å²) in [4.78, 5) is 32.1. The van der Waals surface area contributed by atoms with E-state index in [-0.39, 0.29) is 18.5 Å². The van der Waals surface area contributed by atoms with Gasteiger partial charge in [-0.05, 0) is 37.1 Å². The van der Waals surface area contributed by atoms with Crippen LogP contribution in [0.1, 0.15) is 39.7 Å². The summed E-state index contributed by atoms with van der Waals surface area (Å²) in [5.41, 5.74) is 2.54. The van der Waals surface area contributed by atoms with Gasteiger partial charge < -0.3 is 4.74 Å². The Morgan fingerprint density at radius 2 is 1.96 bits per heavy atom. The molecule has 0 atom stereocenters. The Hall–Kier alpha value is -2.51. The number of rotatable bonds is 6. The zero-order chi connectivity index (χ0) is 19.4. The van der Waals surface area contributed by atoms with Crippen molar-refractivity contribution in [3.63, 3.8) is 0 Å². The van der Waals surface area contributed by atoms with Gasteiger partial charge >= 0.3 is 5.97 Å². The number of hydrogen-bond donors (Lipinski definition) is 0. The third-order valence-electron chi connectivity index (χ3n) is 4.01. The van der Waals surface area contributed by atoms with Crippen molar-refractivity contribution in [1.29, 1.82) is 0 Å². The maximum atomic E-state index is 12.3. The SMILES string of the molecule is CCc1cc(C(=O)OCc2csc(N(C(C)=O)c3ccccc3)n2)sc1C. The largest absolute Gasteiger partial charge is 0.455 e. The molecule has 140 valence electrons. The summed E-state index contributed by atoms with van der Waals surface area (Å²) in [5.74, 6) is -0.468. The Morgan fingerprint density at radius 1 is 1.22 bits per heavy atom. The quantitative estimate of drug-likeness (QED) is 0.539. The highest BCUT2D eigenvalue weighted by Crippen LogP contribution is 2.29. The third-order valence-corrected chi connectivity index (χ3v) is 5.96. The van der Waals surface area contributed by atoms with E-state index in [1.807, 2.05) is 43.3 Å². The normalized spacial score (nSPS) is 10.6. The monoisotopic (exact) mass is 400 g/mol. The van der Waals surface area contributed by atoms with Gasteiger partial charge in [-0.2, -0.15) is 0 Å². The minimum atomic E-state index is -0.344. The van der Waals surface area contributed by atoms with Gasteiger partial charge in [-0.15, -0.1) is 22.7 Å². The van der Waals surface area contributed by atoms with Gasteiger partial charge in [-0.25, -0.2) is 9.78 Å². The maximum absolute atomic E-state index is 12.3. The molecule has 2 aromatic heterocycles. The summed E-state index contributed by atoms with van der Waals surface area (Å²) in [6.07, 6.45) is 0.894. The number of anilines is 2. The topological polar surface area (TPSA) is 59.5 Å². The summed E-state index contributed by atoms with van der Waals surface area (Å²) in [7, 11) is 0. The molecule has 7 heteroatoms. The number of benzene rings is 1. The highest BCUT2D eigenvalue weighted by atomic mass is 32.1. The number of thiophene rings is 1. The first kappa shape index (κ1) is 19.3. The van der Waals surface area contributed by atoms with Gasteiger partial charge in [0.2, 0.25) is 5.91 Å². The Bertz CT molecular complexity index is 947. The zero-order valence-corrected chi connectivity index (χ0v) is 17.0. The summed E-state index contributed by atoms with van der Waals surface area (Å²) in [5, 5.41) is 2.36. The summed E-state index contributed by atoms with van der Waals surface area (Å²) < 4.78 is 5.40. The number of carbonyl (C=O) groups is 2. The van der Waals surface area contributed by atoms with Crippen molar-refractivity contribution in [3.05, 3.63) is 62.8 Å². The first-order valence-electron chi connectivity index (χ1n) is 8.56. The fourth-order valence-corrected chi connectivity index (χ4v) is 4.53. The molecule has 1 aromatic carbocycles. The van der Waals surface area contributed by atoms with Crippen molar-refractivity contribution in [1.82, 2.24) is 4.98 Å². The van der Waals surface area contributed by atoms with Gasteiger partial charge in [0.15, 0.2) is 5.13 Å². The predicted octanol–water partition coefficient (Wildman–Crippen LogP) is 5.12. The fraction of sp³-hybridized carbons (Fsp3) is 0.250. The third kappa shape index (κ3) is 4.43. The van der Waals surface area contributed by atoms with Crippen molar-refractivity contribution < 1.29 is 14.3 Å². The number of esters is 1. The predicted molar refractivity (Wildman–Crippen MR) is 109 cm³/mol.